The van der Waals surface area contributed by atoms with Gasteiger partial charge in [0.1, 0.15) is 24.2 Å². The van der Waals surface area contributed by atoms with Crippen molar-refractivity contribution in [2.45, 2.75) is 36.6 Å². The molecule has 1 aromatic heterocycles. The molecule has 3 N–H and O–H groups in total. The van der Waals surface area contributed by atoms with E-state index < -0.39 is 59.7 Å². The molecule has 4 aromatic rings. The highest BCUT2D eigenvalue weighted by Crippen LogP contribution is 2.42. The van der Waals surface area contributed by atoms with Gasteiger partial charge in [0.2, 0.25) is 0 Å². The van der Waals surface area contributed by atoms with E-state index in [-0.39, 0.29) is 6.61 Å². The first-order chi connectivity index (χ1) is 20.3. The molecule has 0 amide bonds. The molecule has 0 unspecified atom stereocenters. The number of carboxylic acids is 1. The van der Waals surface area contributed by atoms with Crippen LogP contribution >= 0.6 is 0 Å². The van der Waals surface area contributed by atoms with Gasteiger partial charge in [-0.15, -0.1) is 0 Å². The predicted octanol–water partition coefficient (Wildman–Crippen LogP) is 2.19. The molecule has 0 saturated carbocycles. The Hall–Kier alpha value is -4.84. The second-order valence-corrected chi connectivity index (χ2v) is 9.69. The molecule has 1 saturated heterocycles. The topological polar surface area (TPSA) is 157 Å². The molecule has 0 aliphatic carbocycles. The van der Waals surface area contributed by atoms with Crippen molar-refractivity contribution in [3.05, 3.63) is 141 Å². The summed E-state index contributed by atoms with van der Waals surface area (Å²) in [6, 6.07) is 29.6. The van der Waals surface area contributed by atoms with Crippen molar-refractivity contribution in [3.63, 3.8) is 0 Å². The standard InChI is InChI=1S/C31H28N2O9/c34-24-16-17-33(30(39)32-24)29-28(42-26(37)18-25(35)36)27(38)23(41-29)19-40-31(20-10-4-1-5-11-20,21-12-6-2-7-13-21)22-14-8-3-9-15-22/h1-17,23,27-29,38H,18-19H2,(H,35,36)(H,32,34,39)/t23-,27-,28-,29-/m1/s1. The zero-order chi connectivity index (χ0) is 29.7. The lowest BCUT2D eigenvalue weighted by atomic mass is 9.80. The lowest BCUT2D eigenvalue weighted by Gasteiger charge is -2.37. The first kappa shape index (κ1) is 28.7. The maximum Gasteiger partial charge on any atom is 0.330 e. The number of aliphatic carboxylic acids is 1. The third-order valence-electron chi connectivity index (χ3n) is 7.01. The number of aliphatic hydroxyl groups is 1. The third kappa shape index (κ3) is 5.79. The number of aromatic nitrogens is 2. The Kier molecular flexibility index (Phi) is 8.43. The van der Waals surface area contributed by atoms with Crippen LogP contribution in [0, 0.1) is 0 Å². The van der Waals surface area contributed by atoms with E-state index >= 15 is 0 Å². The van der Waals surface area contributed by atoms with E-state index in [2.05, 4.69) is 4.98 Å². The minimum absolute atomic E-state index is 0.235. The molecule has 0 bridgehead atoms. The number of hydrogen-bond donors (Lipinski definition) is 3. The normalized spacial score (nSPS) is 20.2. The van der Waals surface area contributed by atoms with Gasteiger partial charge in [-0.1, -0.05) is 91.0 Å². The van der Waals surface area contributed by atoms with Gasteiger partial charge in [0.05, 0.1) is 6.61 Å². The highest BCUT2D eigenvalue weighted by molar-refractivity contribution is 5.90. The van der Waals surface area contributed by atoms with Crippen molar-refractivity contribution >= 4 is 11.9 Å². The largest absolute Gasteiger partial charge is 0.481 e. The summed E-state index contributed by atoms with van der Waals surface area (Å²) in [5.41, 5.74) is -0.289. The van der Waals surface area contributed by atoms with Crippen molar-refractivity contribution in [1.29, 1.82) is 0 Å². The Balaban J connectivity index is 1.53. The lowest BCUT2D eigenvalue weighted by Crippen LogP contribution is -2.42. The Morgan fingerprint density at radius 3 is 1.86 bits per heavy atom. The number of carboxylic acid groups (broad SMARTS) is 1. The van der Waals surface area contributed by atoms with Crippen LogP contribution in [0.3, 0.4) is 0 Å². The van der Waals surface area contributed by atoms with E-state index in [4.69, 9.17) is 19.3 Å². The molecule has 0 radical (unpaired) electrons. The Labute approximate surface area is 239 Å². The van der Waals surface area contributed by atoms with Gasteiger partial charge in [-0.25, -0.2) is 4.79 Å². The number of hydrogen-bond acceptors (Lipinski definition) is 8. The van der Waals surface area contributed by atoms with Gasteiger partial charge in [0.15, 0.2) is 12.3 Å². The van der Waals surface area contributed by atoms with Gasteiger partial charge >= 0.3 is 17.6 Å². The number of ether oxygens (including phenoxy) is 3. The molecular weight excluding hydrogens is 544 g/mol. The van der Waals surface area contributed by atoms with Gasteiger partial charge in [0.25, 0.3) is 5.56 Å². The summed E-state index contributed by atoms with van der Waals surface area (Å²) in [5.74, 6) is -2.56. The molecule has 5 rings (SSSR count). The lowest BCUT2D eigenvalue weighted by molar-refractivity contribution is -0.162. The number of carbonyl (C=O) groups is 2. The summed E-state index contributed by atoms with van der Waals surface area (Å²) in [7, 11) is 0. The summed E-state index contributed by atoms with van der Waals surface area (Å²) < 4.78 is 19.0. The average Bonchev–Trinajstić information content (AvgIpc) is 3.29. The van der Waals surface area contributed by atoms with Crippen molar-refractivity contribution in [2.75, 3.05) is 6.61 Å². The Morgan fingerprint density at radius 2 is 1.38 bits per heavy atom. The molecule has 0 spiro atoms. The second-order valence-electron chi connectivity index (χ2n) is 9.69. The van der Waals surface area contributed by atoms with Gasteiger partial charge in [-0.2, -0.15) is 0 Å². The minimum Gasteiger partial charge on any atom is -0.481 e. The fraction of sp³-hybridized carbons (Fsp3) is 0.226. The number of rotatable bonds is 10. The summed E-state index contributed by atoms with van der Waals surface area (Å²) in [6.45, 7) is -0.235. The number of H-pyrrole nitrogens is 1. The average molecular weight is 573 g/mol. The number of nitrogens with zero attached hydrogens (tertiary/aromatic N) is 1. The Bertz CT molecular complexity index is 1540. The second kappa shape index (κ2) is 12.4. The number of benzene rings is 3. The maximum absolute atomic E-state index is 12.6. The molecule has 1 fully saturated rings. The molecule has 3 aromatic carbocycles. The molecule has 1 aliphatic rings. The van der Waals surface area contributed by atoms with E-state index in [0.29, 0.717) is 0 Å². The van der Waals surface area contributed by atoms with Gasteiger partial charge in [0, 0.05) is 12.3 Å². The van der Waals surface area contributed by atoms with Crippen molar-refractivity contribution in [2.24, 2.45) is 0 Å². The van der Waals surface area contributed by atoms with Crippen LogP contribution in [0.25, 0.3) is 0 Å². The van der Waals surface area contributed by atoms with Crippen molar-refractivity contribution in [1.82, 2.24) is 9.55 Å². The van der Waals surface area contributed by atoms with Crippen LogP contribution in [-0.2, 0) is 29.4 Å². The Morgan fingerprint density at radius 1 is 0.857 bits per heavy atom. The first-order valence-corrected chi connectivity index (χ1v) is 13.2. The van der Waals surface area contributed by atoms with Crippen LogP contribution in [0.4, 0.5) is 0 Å². The molecule has 42 heavy (non-hydrogen) atoms. The summed E-state index contributed by atoms with van der Waals surface area (Å²) >= 11 is 0. The number of nitrogens with one attached hydrogen (secondary N) is 1. The van der Waals surface area contributed by atoms with E-state index in [9.17, 15) is 24.3 Å². The smallest absolute Gasteiger partial charge is 0.330 e. The highest BCUT2D eigenvalue weighted by atomic mass is 16.6. The highest BCUT2D eigenvalue weighted by Gasteiger charge is 2.49. The first-order valence-electron chi connectivity index (χ1n) is 13.2. The summed E-state index contributed by atoms with van der Waals surface area (Å²) in [4.78, 5) is 49.7. The number of carbonyl (C=O) groups excluding carboxylic acids is 1. The van der Waals surface area contributed by atoms with Crippen LogP contribution in [0.15, 0.2) is 113 Å². The van der Waals surface area contributed by atoms with E-state index in [1.54, 1.807) is 0 Å². The third-order valence-corrected chi connectivity index (χ3v) is 7.01. The fourth-order valence-corrected chi connectivity index (χ4v) is 5.13. The molecule has 2 heterocycles. The number of esters is 1. The zero-order valence-corrected chi connectivity index (χ0v) is 22.2. The molecule has 4 atom stereocenters. The van der Waals surface area contributed by atoms with Crippen molar-refractivity contribution < 1.29 is 34.0 Å². The monoisotopic (exact) mass is 572 g/mol. The van der Waals surface area contributed by atoms with Crippen LogP contribution in [-0.4, -0.2) is 56.6 Å². The predicted molar refractivity (Wildman–Crippen MR) is 149 cm³/mol. The van der Waals surface area contributed by atoms with Crippen LogP contribution < -0.4 is 11.2 Å². The van der Waals surface area contributed by atoms with E-state index in [0.717, 1.165) is 33.5 Å². The van der Waals surface area contributed by atoms with Gasteiger partial charge in [-0.05, 0) is 16.7 Å². The van der Waals surface area contributed by atoms with Crippen LogP contribution in [0.5, 0.6) is 0 Å². The van der Waals surface area contributed by atoms with Crippen LogP contribution in [0.2, 0.25) is 0 Å². The fourth-order valence-electron chi connectivity index (χ4n) is 5.13. The number of aromatic amines is 1. The quantitative estimate of drug-likeness (QED) is 0.147. The molecule has 11 nitrogen and oxygen atoms in total. The van der Waals surface area contributed by atoms with E-state index in [1.807, 2.05) is 91.0 Å². The summed E-state index contributed by atoms with van der Waals surface area (Å²) in [5, 5.41) is 20.3. The van der Waals surface area contributed by atoms with Crippen LogP contribution in [0.1, 0.15) is 29.3 Å². The minimum atomic E-state index is -1.52. The SMILES string of the molecule is O=C(O)CC(=O)O[C@@H]1[C@H](O)[C@@H](COC(c2ccccc2)(c2ccccc2)c2ccccc2)O[C@H]1n1ccc(=O)[nH]c1=O. The molecule has 216 valence electrons. The molecular formula is C31H28N2O9. The maximum atomic E-state index is 12.6. The zero-order valence-electron chi connectivity index (χ0n) is 22.2. The van der Waals surface area contributed by atoms with Gasteiger partial charge in [-0.3, -0.25) is 23.9 Å². The van der Waals surface area contributed by atoms with E-state index in [1.165, 1.54) is 0 Å². The number of aliphatic hydroxyl groups excluding tert-OH is 1. The van der Waals surface area contributed by atoms with Gasteiger partial charge < -0.3 is 24.4 Å². The van der Waals surface area contributed by atoms with Crippen molar-refractivity contribution in [3.8, 4) is 0 Å². The summed E-state index contributed by atoms with van der Waals surface area (Å²) in [6.07, 6.45) is -5.33. The molecule has 1 aliphatic heterocycles. The molecule has 11 heteroatoms.